The zero-order chi connectivity index (χ0) is 19.9. The van der Waals surface area contributed by atoms with Crippen LogP contribution in [0.1, 0.15) is 51.4 Å². The first kappa shape index (κ1) is 20.6. The zero-order valence-electron chi connectivity index (χ0n) is 16.1. The molecule has 3 rings (SSSR count). The van der Waals surface area contributed by atoms with Crippen LogP contribution in [0.5, 0.6) is 0 Å². The molecule has 2 aliphatic carbocycles. The first-order valence-corrected chi connectivity index (χ1v) is 10.2. The molecule has 4 atom stereocenters. The summed E-state index contributed by atoms with van der Waals surface area (Å²) in [6.45, 7) is -0.0223. The van der Waals surface area contributed by atoms with Crippen molar-refractivity contribution in [3.8, 4) is 0 Å². The normalized spacial score (nSPS) is 33.4. The van der Waals surface area contributed by atoms with E-state index in [9.17, 15) is 19.2 Å². The second kappa shape index (κ2) is 9.89. The van der Waals surface area contributed by atoms with Crippen molar-refractivity contribution in [1.29, 1.82) is 0 Å². The summed E-state index contributed by atoms with van der Waals surface area (Å²) in [5, 5.41) is 0. The van der Waals surface area contributed by atoms with Crippen molar-refractivity contribution in [3.05, 3.63) is 0 Å². The van der Waals surface area contributed by atoms with Crippen LogP contribution in [0.15, 0.2) is 0 Å². The third-order valence-electron chi connectivity index (χ3n) is 5.83. The number of carbonyl (C=O) groups excluding carboxylic acids is 4. The van der Waals surface area contributed by atoms with Gasteiger partial charge in [0.25, 0.3) is 0 Å². The van der Waals surface area contributed by atoms with Gasteiger partial charge in [-0.3, -0.25) is 19.2 Å². The van der Waals surface area contributed by atoms with Crippen LogP contribution < -0.4 is 0 Å². The summed E-state index contributed by atoms with van der Waals surface area (Å²) in [4.78, 5) is 49.0. The van der Waals surface area contributed by atoms with E-state index < -0.39 is 0 Å². The van der Waals surface area contributed by atoms with Gasteiger partial charge >= 0.3 is 23.9 Å². The topological polar surface area (TPSA) is 105 Å². The molecule has 8 heteroatoms. The van der Waals surface area contributed by atoms with Gasteiger partial charge in [-0.15, -0.1) is 0 Å². The molecule has 0 aromatic carbocycles. The number of esters is 4. The van der Waals surface area contributed by atoms with E-state index in [1.807, 2.05) is 0 Å². The predicted molar refractivity (Wildman–Crippen MR) is 94.7 cm³/mol. The van der Waals surface area contributed by atoms with E-state index in [1.165, 1.54) is 0 Å². The summed E-state index contributed by atoms with van der Waals surface area (Å²) >= 11 is 0. The van der Waals surface area contributed by atoms with Gasteiger partial charge < -0.3 is 18.9 Å². The Hall–Kier alpha value is -2.12. The fourth-order valence-electron chi connectivity index (χ4n) is 4.28. The van der Waals surface area contributed by atoms with Gasteiger partial charge in [0.2, 0.25) is 0 Å². The van der Waals surface area contributed by atoms with Crippen molar-refractivity contribution in [2.24, 2.45) is 23.7 Å². The molecule has 0 spiro atoms. The maximum atomic E-state index is 12.2. The molecule has 28 heavy (non-hydrogen) atoms. The molecular weight excluding hydrogens is 368 g/mol. The van der Waals surface area contributed by atoms with E-state index in [2.05, 4.69) is 0 Å². The number of fused-ring (bicyclic) bond motifs is 4. The molecular formula is C20H28O8. The van der Waals surface area contributed by atoms with Gasteiger partial charge in [-0.25, -0.2) is 0 Å². The fraction of sp³-hybridized carbons (Fsp3) is 0.800. The molecule has 4 unspecified atom stereocenters. The van der Waals surface area contributed by atoms with E-state index in [1.54, 1.807) is 0 Å². The Kier molecular flexibility index (Phi) is 7.28. The van der Waals surface area contributed by atoms with E-state index in [0.29, 0.717) is 38.5 Å². The zero-order valence-corrected chi connectivity index (χ0v) is 16.1. The molecule has 1 heterocycles. The third kappa shape index (κ3) is 5.45. The molecule has 3 aliphatic rings. The molecule has 4 bridgehead atoms. The Morgan fingerprint density at radius 1 is 0.464 bits per heavy atom. The maximum Gasteiger partial charge on any atom is 0.309 e. The number of hydrogen-bond acceptors (Lipinski definition) is 8. The molecule has 0 aromatic heterocycles. The van der Waals surface area contributed by atoms with Crippen molar-refractivity contribution in [1.82, 2.24) is 0 Å². The molecule has 1 saturated heterocycles. The molecule has 2 saturated carbocycles. The summed E-state index contributed by atoms with van der Waals surface area (Å²) in [5.74, 6) is -2.84. The second-order valence-electron chi connectivity index (χ2n) is 7.79. The summed E-state index contributed by atoms with van der Waals surface area (Å²) in [6, 6.07) is 0. The van der Waals surface area contributed by atoms with E-state index in [0.717, 1.165) is 12.8 Å². The number of ether oxygens (including phenoxy) is 4. The van der Waals surface area contributed by atoms with E-state index in [-0.39, 0.29) is 74.0 Å². The molecule has 0 amide bonds. The fourth-order valence-corrected chi connectivity index (χ4v) is 4.28. The lowest BCUT2D eigenvalue weighted by Crippen LogP contribution is -2.33. The Morgan fingerprint density at radius 2 is 0.714 bits per heavy atom. The number of cyclic esters (lactones) is 4. The van der Waals surface area contributed by atoms with E-state index >= 15 is 0 Å². The van der Waals surface area contributed by atoms with Crippen LogP contribution in [-0.2, 0) is 38.1 Å². The number of hydrogen-bond donors (Lipinski definition) is 0. The van der Waals surface area contributed by atoms with Gasteiger partial charge in [0, 0.05) is 0 Å². The van der Waals surface area contributed by atoms with Gasteiger partial charge in [-0.1, -0.05) is 12.8 Å². The van der Waals surface area contributed by atoms with Gasteiger partial charge in [0.1, 0.15) is 26.4 Å². The SMILES string of the molecule is O=C1OCCOC(=O)C2CCCC(C2)C(=O)OCCOC(=O)C2CCCC1C2. The van der Waals surface area contributed by atoms with Crippen molar-refractivity contribution >= 4 is 23.9 Å². The van der Waals surface area contributed by atoms with Crippen LogP contribution in [-0.4, -0.2) is 50.3 Å². The average molecular weight is 396 g/mol. The summed E-state index contributed by atoms with van der Waals surface area (Å²) in [7, 11) is 0. The maximum absolute atomic E-state index is 12.2. The lowest BCUT2D eigenvalue weighted by molar-refractivity contribution is -0.165. The average Bonchev–Trinajstić information content (AvgIpc) is 2.73. The Labute approximate surface area is 164 Å². The van der Waals surface area contributed by atoms with Crippen molar-refractivity contribution < 1.29 is 38.1 Å². The minimum atomic E-state index is -0.360. The van der Waals surface area contributed by atoms with Gasteiger partial charge in [0.15, 0.2) is 0 Å². The monoisotopic (exact) mass is 396 g/mol. The highest BCUT2D eigenvalue weighted by Gasteiger charge is 2.35. The highest BCUT2D eigenvalue weighted by atomic mass is 16.6. The van der Waals surface area contributed by atoms with Crippen LogP contribution in [0.25, 0.3) is 0 Å². The first-order valence-electron chi connectivity index (χ1n) is 10.2. The molecule has 156 valence electrons. The van der Waals surface area contributed by atoms with Crippen LogP contribution in [0.3, 0.4) is 0 Å². The van der Waals surface area contributed by atoms with Crippen LogP contribution in [0.2, 0.25) is 0 Å². The Bertz CT molecular complexity index is 501. The standard InChI is InChI=1S/C20H28O8/c21-17-13-3-1-4-14(11-13)18(22)26-8-10-28-20(24)16-6-2-5-15(12-16)19(23)27-9-7-25-17/h13-16H,1-12H2. The molecule has 0 radical (unpaired) electrons. The molecule has 8 nitrogen and oxygen atoms in total. The van der Waals surface area contributed by atoms with Crippen molar-refractivity contribution in [3.63, 3.8) is 0 Å². The molecule has 0 aromatic rings. The summed E-state index contributed by atoms with van der Waals surface area (Å²) in [5.41, 5.74) is 0. The molecule has 1 aliphatic heterocycles. The molecule has 0 N–H and O–H groups in total. The van der Waals surface area contributed by atoms with Crippen LogP contribution in [0.4, 0.5) is 0 Å². The van der Waals surface area contributed by atoms with Crippen molar-refractivity contribution in [2.45, 2.75) is 51.4 Å². The lowest BCUT2D eigenvalue weighted by atomic mass is 9.81. The quantitative estimate of drug-likeness (QED) is 0.451. The summed E-state index contributed by atoms with van der Waals surface area (Å²) < 4.78 is 20.9. The predicted octanol–water partition coefficient (Wildman–Crippen LogP) is 1.79. The highest BCUT2D eigenvalue weighted by Crippen LogP contribution is 2.32. The summed E-state index contributed by atoms with van der Waals surface area (Å²) in [6.07, 6.45) is 4.95. The smallest absolute Gasteiger partial charge is 0.309 e. The highest BCUT2D eigenvalue weighted by molar-refractivity contribution is 5.77. The number of rotatable bonds is 0. The minimum Gasteiger partial charge on any atom is -0.462 e. The largest absolute Gasteiger partial charge is 0.462 e. The first-order chi connectivity index (χ1) is 13.5. The minimum absolute atomic E-state index is 0.00558. The van der Waals surface area contributed by atoms with E-state index in [4.69, 9.17) is 18.9 Å². The third-order valence-corrected chi connectivity index (χ3v) is 5.83. The lowest BCUT2D eigenvalue weighted by Gasteiger charge is -2.28. The Balaban J connectivity index is 1.62. The van der Waals surface area contributed by atoms with Gasteiger partial charge in [0.05, 0.1) is 23.7 Å². The Morgan fingerprint density at radius 3 is 0.964 bits per heavy atom. The number of carbonyl (C=O) groups is 4. The second-order valence-corrected chi connectivity index (χ2v) is 7.79. The van der Waals surface area contributed by atoms with Crippen LogP contribution in [0, 0.1) is 23.7 Å². The van der Waals surface area contributed by atoms with Gasteiger partial charge in [-0.2, -0.15) is 0 Å². The molecule has 3 fully saturated rings. The van der Waals surface area contributed by atoms with Crippen LogP contribution >= 0.6 is 0 Å². The van der Waals surface area contributed by atoms with Crippen molar-refractivity contribution in [2.75, 3.05) is 26.4 Å². The van der Waals surface area contributed by atoms with Gasteiger partial charge in [-0.05, 0) is 38.5 Å².